The summed E-state index contributed by atoms with van der Waals surface area (Å²) < 4.78 is 63.7. The number of hydrogen-bond donors (Lipinski definition) is 5. The van der Waals surface area contributed by atoms with Crippen LogP contribution in [0.25, 0.3) is 0 Å². The molecule has 5 N–H and O–H groups in total. The molecule has 0 aliphatic rings. The maximum Gasteiger partial charge on any atom is 0.417 e. The van der Waals surface area contributed by atoms with E-state index in [0.717, 1.165) is 17.6 Å². The molecule has 0 spiro atoms. The molecule has 25 heavy (non-hydrogen) atoms. The van der Waals surface area contributed by atoms with Crippen LogP contribution in [0.5, 0.6) is 0 Å². The molecule has 0 saturated heterocycles. The topological polar surface area (TPSA) is 153 Å². The number of nitrogens with one attached hydrogen (secondary N) is 2. The lowest BCUT2D eigenvalue weighted by molar-refractivity contribution is -0.150. The van der Waals surface area contributed by atoms with Gasteiger partial charge in [-0.1, -0.05) is 12.1 Å². The molecule has 1 aromatic carbocycles. The molecule has 1 amide bonds. The Bertz CT molecular complexity index is 751. The summed E-state index contributed by atoms with van der Waals surface area (Å²) in [5.74, 6) is -5.51. The number of carboxylic acids is 1. The van der Waals surface area contributed by atoms with Crippen LogP contribution < -0.4 is 11.0 Å². The number of alkyl halides is 3. The molecule has 0 heterocycles. The largest absolute Gasteiger partial charge is 0.481 e. The molecule has 1 rings (SSSR count). The van der Waals surface area contributed by atoms with Crippen molar-refractivity contribution in [3.05, 3.63) is 29.8 Å². The van der Waals surface area contributed by atoms with E-state index < -0.39 is 56.1 Å². The van der Waals surface area contributed by atoms with Gasteiger partial charge in [0.1, 0.15) is 11.3 Å². The van der Waals surface area contributed by atoms with Crippen molar-refractivity contribution in [2.75, 3.05) is 0 Å². The van der Waals surface area contributed by atoms with Crippen LogP contribution in [0.4, 0.5) is 13.2 Å². The van der Waals surface area contributed by atoms with Gasteiger partial charge in [-0.3, -0.25) is 14.8 Å². The highest BCUT2D eigenvalue weighted by Crippen LogP contribution is 2.35. The van der Waals surface area contributed by atoms with Crippen LogP contribution in [0.1, 0.15) is 12.0 Å². The zero-order chi connectivity index (χ0) is 19.4. The van der Waals surface area contributed by atoms with Gasteiger partial charge in [-0.25, -0.2) is 13.9 Å². The third-order valence-electron chi connectivity index (χ3n) is 3.19. The normalized spacial score (nSPS) is 14.6. The van der Waals surface area contributed by atoms with Gasteiger partial charge in [0.25, 0.3) is 5.91 Å². The number of carbonyl (C=O) groups is 2. The molecule has 0 aliphatic heterocycles. The molecule has 0 aromatic heterocycles. The Balaban J connectivity index is 3.36. The molecule has 0 aliphatic carbocycles. The van der Waals surface area contributed by atoms with Crippen LogP contribution in [0, 0.1) is 5.92 Å². The average molecular weight is 386 g/mol. The number of halogens is 3. The maximum atomic E-state index is 13.0. The summed E-state index contributed by atoms with van der Waals surface area (Å²) in [7, 11) is -4.94. The van der Waals surface area contributed by atoms with Crippen LogP contribution in [0.2, 0.25) is 0 Å². The lowest BCUT2D eigenvalue weighted by Crippen LogP contribution is -2.43. The minimum absolute atomic E-state index is 0.496. The van der Waals surface area contributed by atoms with E-state index >= 15 is 0 Å². The second-order valence-electron chi connectivity index (χ2n) is 4.76. The van der Waals surface area contributed by atoms with Crippen molar-refractivity contribution in [2.45, 2.75) is 22.9 Å². The molecular weight excluding hydrogens is 373 g/mol. The molecule has 0 saturated carbocycles. The smallest absolute Gasteiger partial charge is 0.417 e. The van der Waals surface area contributed by atoms with E-state index in [1.54, 1.807) is 0 Å². The summed E-state index contributed by atoms with van der Waals surface area (Å²) in [4.78, 5) is 21.0. The molecule has 2 atom stereocenters. The first-order valence-corrected chi connectivity index (χ1v) is 7.98. The number of aliphatic carboxylic acids is 1. The summed E-state index contributed by atoms with van der Waals surface area (Å²) >= 11 is 0. The van der Waals surface area contributed by atoms with Gasteiger partial charge in [0, 0.05) is 6.42 Å². The molecule has 1 aromatic rings. The summed E-state index contributed by atoms with van der Waals surface area (Å²) in [6.07, 6.45) is -6.18. The minimum atomic E-state index is -5.03. The monoisotopic (exact) mass is 386 g/mol. The summed E-state index contributed by atoms with van der Waals surface area (Å²) in [6, 6.07) is 3.08. The molecule has 13 heteroatoms. The van der Waals surface area contributed by atoms with Gasteiger partial charge in [-0.2, -0.15) is 18.7 Å². The number of carbonyl (C=O) groups excluding carboxylic acids is 1. The van der Waals surface area contributed by atoms with E-state index in [1.807, 2.05) is 0 Å². The Morgan fingerprint density at radius 3 is 2.16 bits per heavy atom. The van der Waals surface area contributed by atoms with Crippen LogP contribution in [-0.4, -0.2) is 41.2 Å². The molecule has 0 fully saturated rings. The van der Waals surface area contributed by atoms with E-state index in [1.165, 1.54) is 5.48 Å². The van der Waals surface area contributed by atoms with Gasteiger partial charge in [0.15, 0.2) is 9.84 Å². The van der Waals surface area contributed by atoms with E-state index in [0.29, 0.717) is 12.1 Å². The fraction of sp³-hybridized carbons (Fsp3) is 0.333. The van der Waals surface area contributed by atoms with Crippen LogP contribution >= 0.6 is 0 Å². The second-order valence-corrected chi connectivity index (χ2v) is 6.86. The standard InChI is InChI=1S/C12H13F3N2O7S/c13-12(14,15)7-3-1-2-4-8(7)25(23,24)9(16-21)5-6(11(19)20)10(18)17-22/h1-4,6,9,16,21-22H,5H2,(H,17,18)(H,19,20). The number of carboxylic acid groups (broad SMARTS) is 1. The molecule has 2 unspecified atom stereocenters. The van der Waals surface area contributed by atoms with Crippen molar-refractivity contribution < 1.29 is 46.7 Å². The van der Waals surface area contributed by atoms with Crippen LogP contribution in [0.15, 0.2) is 29.2 Å². The van der Waals surface area contributed by atoms with E-state index in [2.05, 4.69) is 0 Å². The quantitative estimate of drug-likeness (QED) is 0.256. The molecule has 140 valence electrons. The van der Waals surface area contributed by atoms with Crippen molar-refractivity contribution in [3.8, 4) is 0 Å². The Morgan fingerprint density at radius 1 is 1.16 bits per heavy atom. The fourth-order valence-electron chi connectivity index (χ4n) is 1.96. The molecular formula is C12H13F3N2O7S. The van der Waals surface area contributed by atoms with E-state index in [-0.39, 0.29) is 0 Å². The van der Waals surface area contributed by atoms with Crippen LogP contribution in [-0.2, 0) is 25.6 Å². The fourth-order valence-corrected chi connectivity index (χ4v) is 3.61. The number of benzene rings is 1. The third-order valence-corrected chi connectivity index (χ3v) is 5.21. The van der Waals surface area contributed by atoms with Crippen molar-refractivity contribution >= 4 is 21.7 Å². The Hall–Kier alpha value is -2.22. The molecule has 0 radical (unpaired) electrons. The van der Waals surface area contributed by atoms with Gasteiger partial charge < -0.3 is 10.3 Å². The van der Waals surface area contributed by atoms with E-state index in [4.69, 9.17) is 15.5 Å². The van der Waals surface area contributed by atoms with Gasteiger partial charge in [0.2, 0.25) is 0 Å². The Labute approximate surface area is 138 Å². The highest BCUT2D eigenvalue weighted by Gasteiger charge is 2.41. The summed E-state index contributed by atoms with van der Waals surface area (Å²) in [5, 5.41) is 24.1. The van der Waals surface area contributed by atoms with Crippen molar-refractivity contribution in [1.29, 1.82) is 0 Å². The minimum Gasteiger partial charge on any atom is -0.481 e. The summed E-state index contributed by atoms with van der Waals surface area (Å²) in [5.41, 5.74) is 0.683. The molecule has 9 nitrogen and oxygen atoms in total. The first-order chi connectivity index (χ1) is 11.5. The molecule has 0 bridgehead atoms. The zero-order valence-electron chi connectivity index (χ0n) is 12.2. The third kappa shape index (κ3) is 4.66. The number of sulfone groups is 1. The van der Waals surface area contributed by atoms with E-state index in [9.17, 15) is 31.2 Å². The predicted octanol–water partition coefficient (Wildman–Crippen LogP) is 0.380. The number of hydroxylamine groups is 2. The highest BCUT2D eigenvalue weighted by atomic mass is 32.2. The van der Waals surface area contributed by atoms with Gasteiger partial charge in [0.05, 0.1) is 10.5 Å². The van der Waals surface area contributed by atoms with Gasteiger partial charge in [-0.05, 0) is 12.1 Å². The van der Waals surface area contributed by atoms with Crippen molar-refractivity contribution in [1.82, 2.24) is 11.0 Å². The van der Waals surface area contributed by atoms with Crippen LogP contribution in [0.3, 0.4) is 0 Å². The SMILES string of the molecule is O=C(O)C(CC(NO)S(=O)(=O)c1ccccc1C(F)(F)F)C(=O)NO. The number of hydrogen-bond acceptors (Lipinski definition) is 7. The Morgan fingerprint density at radius 2 is 1.72 bits per heavy atom. The lowest BCUT2D eigenvalue weighted by atomic mass is 10.1. The van der Waals surface area contributed by atoms with Gasteiger partial charge in [-0.15, -0.1) is 0 Å². The number of rotatable bonds is 7. The summed E-state index contributed by atoms with van der Waals surface area (Å²) in [6.45, 7) is 0. The lowest BCUT2D eigenvalue weighted by Gasteiger charge is -2.21. The Kier molecular flexibility index (Phi) is 6.48. The predicted molar refractivity (Wildman–Crippen MR) is 73.0 cm³/mol. The second kappa shape index (κ2) is 7.77. The number of amides is 1. The first-order valence-electron chi connectivity index (χ1n) is 6.43. The zero-order valence-corrected chi connectivity index (χ0v) is 13.0. The van der Waals surface area contributed by atoms with Gasteiger partial charge >= 0.3 is 12.1 Å². The average Bonchev–Trinajstić information content (AvgIpc) is 2.53. The highest BCUT2D eigenvalue weighted by molar-refractivity contribution is 7.92. The van der Waals surface area contributed by atoms with Crippen molar-refractivity contribution in [2.24, 2.45) is 5.92 Å². The first kappa shape index (κ1) is 20.8. The van der Waals surface area contributed by atoms with Crippen molar-refractivity contribution in [3.63, 3.8) is 0 Å². The maximum absolute atomic E-state index is 13.0.